The molecule has 4 rings (SSSR count). The van der Waals surface area contributed by atoms with Crippen molar-refractivity contribution >= 4 is 34.1 Å². The minimum absolute atomic E-state index is 0.0869. The van der Waals surface area contributed by atoms with Gasteiger partial charge in [-0.25, -0.2) is 14.4 Å². The SMILES string of the molecule is Cc1ccc(-c2cnc3c(NCCCO)nc4ccc(F)cc4n23)cc1Cl. The number of nitrogens with zero attached hydrogens (tertiary/aromatic N) is 3. The van der Waals surface area contributed by atoms with Gasteiger partial charge in [0, 0.05) is 29.8 Å². The molecular formula is C20H18ClFN4O. The zero-order valence-electron chi connectivity index (χ0n) is 14.7. The lowest BCUT2D eigenvalue weighted by Crippen LogP contribution is -2.08. The number of halogens is 2. The average molecular weight is 385 g/mol. The standard InChI is InChI=1S/C20H18ClFN4O/c1-12-3-4-13(9-15(12)21)18-11-24-20-19(23-7-2-8-27)25-16-6-5-14(22)10-17(16)26(18)20/h3-6,9-11,27H,2,7-8H2,1H3,(H,23,25). The Labute approximate surface area is 160 Å². The Balaban J connectivity index is 1.98. The first-order valence-electron chi connectivity index (χ1n) is 8.66. The van der Waals surface area contributed by atoms with Crippen LogP contribution in [0.25, 0.3) is 27.9 Å². The van der Waals surface area contributed by atoms with Crippen molar-refractivity contribution in [1.82, 2.24) is 14.4 Å². The lowest BCUT2D eigenvalue weighted by molar-refractivity contribution is 0.292. The van der Waals surface area contributed by atoms with Crippen LogP contribution >= 0.6 is 11.6 Å². The number of aliphatic hydroxyl groups excluding tert-OH is 1. The van der Waals surface area contributed by atoms with E-state index in [0.717, 1.165) is 16.8 Å². The molecular weight excluding hydrogens is 367 g/mol. The summed E-state index contributed by atoms with van der Waals surface area (Å²) in [6, 6.07) is 10.3. The van der Waals surface area contributed by atoms with Crippen LogP contribution in [0.1, 0.15) is 12.0 Å². The number of aryl methyl sites for hydroxylation is 1. The topological polar surface area (TPSA) is 62.5 Å². The summed E-state index contributed by atoms with van der Waals surface area (Å²) >= 11 is 6.30. The Bertz CT molecular complexity index is 1140. The lowest BCUT2D eigenvalue weighted by atomic mass is 10.1. The van der Waals surface area contributed by atoms with Crippen molar-refractivity contribution < 1.29 is 9.50 Å². The summed E-state index contributed by atoms with van der Waals surface area (Å²) in [5, 5.41) is 12.9. The monoisotopic (exact) mass is 384 g/mol. The second-order valence-corrected chi connectivity index (χ2v) is 6.77. The van der Waals surface area contributed by atoms with Crippen molar-refractivity contribution in [2.45, 2.75) is 13.3 Å². The van der Waals surface area contributed by atoms with Gasteiger partial charge in [-0.05, 0) is 37.1 Å². The summed E-state index contributed by atoms with van der Waals surface area (Å²) in [6.45, 7) is 2.59. The van der Waals surface area contributed by atoms with Crippen LogP contribution in [0.2, 0.25) is 5.02 Å². The van der Waals surface area contributed by atoms with Gasteiger partial charge in [-0.2, -0.15) is 0 Å². The van der Waals surface area contributed by atoms with E-state index >= 15 is 0 Å². The van der Waals surface area contributed by atoms with E-state index in [9.17, 15) is 4.39 Å². The van der Waals surface area contributed by atoms with E-state index in [1.807, 2.05) is 29.5 Å². The number of aliphatic hydroxyl groups is 1. The summed E-state index contributed by atoms with van der Waals surface area (Å²) < 4.78 is 15.8. The van der Waals surface area contributed by atoms with Crippen LogP contribution in [0.3, 0.4) is 0 Å². The zero-order chi connectivity index (χ0) is 19.0. The molecule has 0 fully saturated rings. The first-order valence-corrected chi connectivity index (χ1v) is 9.04. The van der Waals surface area contributed by atoms with Gasteiger partial charge < -0.3 is 10.4 Å². The third-order valence-corrected chi connectivity index (χ3v) is 4.89. The fraction of sp³-hybridized carbons (Fsp3) is 0.200. The van der Waals surface area contributed by atoms with Crippen molar-refractivity contribution in [3.8, 4) is 11.3 Å². The molecule has 5 nitrogen and oxygen atoms in total. The molecule has 0 atom stereocenters. The number of fused-ring (bicyclic) bond motifs is 3. The Hall–Kier alpha value is -2.70. The quantitative estimate of drug-likeness (QED) is 0.499. The predicted molar refractivity (Wildman–Crippen MR) is 106 cm³/mol. The van der Waals surface area contributed by atoms with Gasteiger partial charge in [0.25, 0.3) is 0 Å². The van der Waals surface area contributed by atoms with E-state index < -0.39 is 0 Å². The number of anilines is 1. The summed E-state index contributed by atoms with van der Waals surface area (Å²) in [5.41, 5.74) is 4.54. The van der Waals surface area contributed by atoms with Crippen LogP contribution in [-0.2, 0) is 0 Å². The summed E-state index contributed by atoms with van der Waals surface area (Å²) in [5.74, 6) is 0.250. The normalized spacial score (nSPS) is 11.4. The van der Waals surface area contributed by atoms with Crippen molar-refractivity contribution in [3.05, 3.63) is 59.0 Å². The van der Waals surface area contributed by atoms with Crippen LogP contribution in [0.15, 0.2) is 42.6 Å². The van der Waals surface area contributed by atoms with Gasteiger partial charge in [0.2, 0.25) is 0 Å². The minimum Gasteiger partial charge on any atom is -0.396 e. The molecule has 0 unspecified atom stereocenters. The van der Waals surface area contributed by atoms with E-state index in [1.165, 1.54) is 12.1 Å². The molecule has 138 valence electrons. The van der Waals surface area contributed by atoms with E-state index in [2.05, 4.69) is 15.3 Å². The molecule has 0 aliphatic rings. The number of rotatable bonds is 5. The Morgan fingerprint density at radius 1 is 1.22 bits per heavy atom. The van der Waals surface area contributed by atoms with Gasteiger partial charge in [-0.1, -0.05) is 23.7 Å². The Morgan fingerprint density at radius 3 is 2.85 bits per heavy atom. The largest absolute Gasteiger partial charge is 0.396 e. The maximum atomic E-state index is 13.9. The van der Waals surface area contributed by atoms with Gasteiger partial charge in [0.05, 0.1) is 22.9 Å². The number of aromatic nitrogens is 3. The molecule has 27 heavy (non-hydrogen) atoms. The molecule has 0 spiro atoms. The molecule has 0 bridgehead atoms. The lowest BCUT2D eigenvalue weighted by Gasteiger charge is -2.12. The molecule has 2 aromatic carbocycles. The highest BCUT2D eigenvalue weighted by Crippen LogP contribution is 2.30. The van der Waals surface area contributed by atoms with Gasteiger partial charge in [-0.15, -0.1) is 0 Å². The molecule has 0 aliphatic heterocycles. The first-order chi connectivity index (χ1) is 13.1. The fourth-order valence-electron chi connectivity index (χ4n) is 3.06. The Kier molecular flexibility index (Phi) is 4.68. The maximum Gasteiger partial charge on any atom is 0.181 e. The second kappa shape index (κ2) is 7.13. The maximum absolute atomic E-state index is 13.9. The molecule has 2 N–H and O–H groups in total. The predicted octanol–water partition coefficient (Wildman–Crippen LogP) is 4.44. The summed E-state index contributed by atoms with van der Waals surface area (Å²) in [7, 11) is 0. The highest BCUT2D eigenvalue weighted by molar-refractivity contribution is 6.31. The molecule has 2 heterocycles. The smallest absolute Gasteiger partial charge is 0.181 e. The van der Waals surface area contributed by atoms with Gasteiger partial charge in [0.1, 0.15) is 5.82 Å². The third-order valence-electron chi connectivity index (χ3n) is 4.48. The van der Waals surface area contributed by atoms with Gasteiger partial charge in [-0.3, -0.25) is 4.40 Å². The fourth-order valence-corrected chi connectivity index (χ4v) is 3.24. The van der Waals surface area contributed by atoms with Gasteiger partial charge >= 0.3 is 0 Å². The summed E-state index contributed by atoms with van der Waals surface area (Å²) in [4.78, 5) is 9.10. The molecule has 0 radical (unpaired) electrons. The minimum atomic E-state index is -0.340. The Morgan fingerprint density at radius 2 is 2.07 bits per heavy atom. The van der Waals surface area contributed by atoms with Gasteiger partial charge in [0.15, 0.2) is 11.5 Å². The molecule has 7 heteroatoms. The van der Waals surface area contributed by atoms with Crippen LogP contribution < -0.4 is 5.32 Å². The van der Waals surface area contributed by atoms with E-state index in [1.54, 1.807) is 12.3 Å². The number of hydrogen-bond acceptors (Lipinski definition) is 4. The number of nitrogens with one attached hydrogen (secondary N) is 1. The molecule has 0 saturated carbocycles. The number of hydrogen-bond donors (Lipinski definition) is 2. The summed E-state index contributed by atoms with van der Waals surface area (Å²) in [6.07, 6.45) is 2.33. The highest BCUT2D eigenvalue weighted by Gasteiger charge is 2.15. The molecule has 4 aromatic rings. The molecule has 2 aromatic heterocycles. The van der Waals surface area contributed by atoms with E-state index in [-0.39, 0.29) is 12.4 Å². The third kappa shape index (κ3) is 3.22. The van der Waals surface area contributed by atoms with Crippen molar-refractivity contribution in [2.24, 2.45) is 0 Å². The molecule has 0 saturated heterocycles. The van der Waals surface area contributed by atoms with Crippen LogP contribution in [0.5, 0.6) is 0 Å². The average Bonchev–Trinajstić information content (AvgIpc) is 3.10. The van der Waals surface area contributed by atoms with Crippen molar-refractivity contribution in [2.75, 3.05) is 18.5 Å². The highest BCUT2D eigenvalue weighted by atomic mass is 35.5. The van der Waals surface area contributed by atoms with E-state index in [4.69, 9.17) is 16.7 Å². The van der Waals surface area contributed by atoms with E-state index in [0.29, 0.717) is 40.5 Å². The number of imidazole rings is 1. The number of benzene rings is 2. The molecule has 0 aliphatic carbocycles. The van der Waals surface area contributed by atoms with Crippen molar-refractivity contribution in [3.63, 3.8) is 0 Å². The molecule has 0 amide bonds. The van der Waals surface area contributed by atoms with Crippen LogP contribution in [0, 0.1) is 12.7 Å². The first kappa shape index (κ1) is 17.7. The van der Waals surface area contributed by atoms with Crippen LogP contribution in [-0.4, -0.2) is 32.6 Å². The second-order valence-electron chi connectivity index (χ2n) is 6.36. The van der Waals surface area contributed by atoms with Crippen LogP contribution in [0.4, 0.5) is 10.2 Å². The van der Waals surface area contributed by atoms with Crippen molar-refractivity contribution in [1.29, 1.82) is 0 Å². The zero-order valence-corrected chi connectivity index (χ0v) is 15.5.